The molecular formula is C72H98O10Si. The maximum absolute atomic E-state index is 11.8. The van der Waals surface area contributed by atoms with Crippen molar-refractivity contribution in [3.8, 4) is 0 Å². The van der Waals surface area contributed by atoms with Crippen LogP contribution in [0, 0.1) is 23.7 Å². The van der Waals surface area contributed by atoms with Gasteiger partial charge in [-0.2, -0.15) is 0 Å². The van der Waals surface area contributed by atoms with Gasteiger partial charge in [0, 0.05) is 0 Å². The lowest BCUT2D eigenvalue weighted by molar-refractivity contribution is -0.146. The van der Waals surface area contributed by atoms with E-state index >= 15 is 0 Å². The number of aliphatic hydroxyl groups is 1. The zero-order chi connectivity index (χ0) is 61.5. The second-order valence-electron chi connectivity index (χ2n) is 23.5. The first-order chi connectivity index (χ1) is 39.3. The largest absolute Gasteiger partial charge is 0.481 e. The third kappa shape index (κ3) is 27.0. The van der Waals surface area contributed by atoms with E-state index in [1.54, 1.807) is 26.0 Å². The van der Waals surface area contributed by atoms with Crippen molar-refractivity contribution in [3.05, 3.63) is 213 Å². The summed E-state index contributed by atoms with van der Waals surface area (Å²) in [6.07, 6.45) is 8.23. The molecule has 4 rings (SSSR count). The van der Waals surface area contributed by atoms with Crippen molar-refractivity contribution in [2.45, 2.75) is 197 Å². The molecule has 0 aliphatic carbocycles. The summed E-state index contributed by atoms with van der Waals surface area (Å²) in [6.45, 7) is 32.6. The maximum atomic E-state index is 11.8. The Balaban J connectivity index is 0.000000441. The summed E-state index contributed by atoms with van der Waals surface area (Å²) in [5, 5.41) is 29.5. The van der Waals surface area contributed by atoms with Gasteiger partial charge in [-0.05, 0) is 166 Å². The number of carboxylic acid groups (broad SMARTS) is 2. The number of ether oxygens (including phenoxy) is 4. The molecule has 11 heteroatoms. The lowest BCUT2D eigenvalue weighted by Crippen LogP contribution is -2.44. The van der Waals surface area contributed by atoms with Crippen molar-refractivity contribution in [2.75, 3.05) is 0 Å². The van der Waals surface area contributed by atoms with Crippen LogP contribution >= 0.6 is 0 Å². The van der Waals surface area contributed by atoms with Crippen molar-refractivity contribution in [3.63, 3.8) is 0 Å². The van der Waals surface area contributed by atoms with Gasteiger partial charge >= 0.3 is 11.9 Å². The standard InChI is InChI=1S/C39H56O5Si.C33H42O5/c1-11-35(44-45(9,10)39(6,7)8)30(3)23-25-36(42-27-33-18-14-12-15-19-33)31(4)26-29(2)22-24-37(32(5)38(40)41)43-28-34-20-16-13-17-21-34;1-6-30(34)25(3)18-20-31(37-22-28-13-9-7-10-14-28)26(4)21-24(2)17-19-32(27(5)33(35)36)38-23-29-15-11-8-12-16-29/h12-21,24-25,31-32,35-37H,11,26-28H2,1-10H3,(H,40,41);7-16,19-20,26-27,30-32,34H,6,21-23H2,1-5H3,(H,35,36)/t22?,23?,31-,32-,35-,36-,37+;17?,18?,26-,27-,30-,31-,32+/m11/s1. The van der Waals surface area contributed by atoms with Crippen LogP contribution in [0.5, 0.6) is 0 Å². The lowest BCUT2D eigenvalue weighted by Gasteiger charge is -2.39. The van der Waals surface area contributed by atoms with Gasteiger partial charge in [-0.3, -0.25) is 9.59 Å². The number of carbonyl (C=O) groups is 2. The first kappa shape index (κ1) is 71.1. The van der Waals surface area contributed by atoms with Crippen LogP contribution in [0.15, 0.2) is 191 Å². The molecule has 0 unspecified atom stereocenters. The molecule has 0 saturated carbocycles. The van der Waals surface area contributed by atoms with Crippen LogP contribution < -0.4 is 0 Å². The summed E-state index contributed by atoms with van der Waals surface area (Å²) in [5.41, 5.74) is 21.4. The topological polar surface area (TPSA) is 141 Å². The van der Waals surface area contributed by atoms with Crippen molar-refractivity contribution < 1.29 is 48.3 Å². The molecule has 4 aromatic rings. The molecule has 0 fully saturated rings. The van der Waals surface area contributed by atoms with Gasteiger partial charge in [0.15, 0.2) is 8.32 Å². The molecule has 0 aliphatic heterocycles. The highest BCUT2D eigenvalue weighted by molar-refractivity contribution is 6.74. The van der Waals surface area contributed by atoms with Crippen LogP contribution in [0.3, 0.4) is 0 Å². The second kappa shape index (κ2) is 37.2. The minimum absolute atomic E-state index is 0.0147. The molecule has 450 valence electrons. The van der Waals surface area contributed by atoms with Crippen LogP contribution in [-0.4, -0.2) is 72.2 Å². The molecule has 0 aliphatic rings. The lowest BCUT2D eigenvalue weighted by atomic mass is 9.95. The Morgan fingerprint density at radius 2 is 0.795 bits per heavy atom. The summed E-state index contributed by atoms with van der Waals surface area (Å²) in [4.78, 5) is 23.5. The van der Waals surface area contributed by atoms with Crippen molar-refractivity contribution in [2.24, 2.45) is 23.7 Å². The summed E-state index contributed by atoms with van der Waals surface area (Å²) >= 11 is 0. The van der Waals surface area contributed by atoms with Crippen LogP contribution in [-0.2, 0) is 59.4 Å². The highest BCUT2D eigenvalue weighted by atomic mass is 28.4. The molecule has 3 N–H and O–H groups in total. The minimum atomic E-state index is -1.94. The van der Waals surface area contributed by atoms with E-state index in [4.69, 9.17) is 23.4 Å². The van der Waals surface area contributed by atoms with Crippen LogP contribution in [0.25, 0.3) is 0 Å². The number of aliphatic hydroxyl groups excluding tert-OH is 1. The Labute approximate surface area is 499 Å². The fourth-order valence-corrected chi connectivity index (χ4v) is 9.88. The smallest absolute Gasteiger partial charge is 0.309 e. The third-order valence-corrected chi connectivity index (χ3v) is 19.7. The quantitative estimate of drug-likeness (QED) is 0.0320. The van der Waals surface area contributed by atoms with E-state index in [0.717, 1.165) is 57.4 Å². The Morgan fingerprint density at radius 1 is 0.494 bits per heavy atom. The van der Waals surface area contributed by atoms with Gasteiger partial charge in [-0.25, -0.2) is 0 Å². The Kier molecular flexibility index (Phi) is 31.9. The van der Waals surface area contributed by atoms with E-state index in [1.165, 1.54) is 0 Å². The summed E-state index contributed by atoms with van der Waals surface area (Å²) < 4.78 is 31.5. The fourth-order valence-electron chi connectivity index (χ4n) is 8.47. The van der Waals surface area contributed by atoms with Gasteiger partial charge in [-0.1, -0.05) is 170 Å². The van der Waals surface area contributed by atoms with Crippen LogP contribution in [0.1, 0.15) is 138 Å². The predicted molar refractivity (Wildman–Crippen MR) is 339 cm³/mol. The van der Waals surface area contributed by atoms with E-state index < -0.39 is 50.4 Å². The Morgan fingerprint density at radius 3 is 1.08 bits per heavy atom. The normalized spacial score (nSPS) is 14.9. The van der Waals surface area contributed by atoms with Gasteiger partial charge < -0.3 is 38.7 Å². The van der Waals surface area contributed by atoms with Crippen molar-refractivity contribution in [1.82, 2.24) is 0 Å². The molecule has 0 spiro atoms. The molecule has 10 atom stereocenters. The zero-order valence-electron chi connectivity index (χ0n) is 52.5. The molecule has 0 amide bonds. The summed E-state index contributed by atoms with van der Waals surface area (Å²) in [6, 6.07) is 39.7. The molecule has 83 heavy (non-hydrogen) atoms. The maximum Gasteiger partial charge on any atom is 0.309 e. The number of rotatable bonds is 32. The molecule has 10 nitrogen and oxygen atoms in total. The number of hydrogen-bond acceptors (Lipinski definition) is 8. The molecule has 0 saturated heterocycles. The van der Waals surface area contributed by atoms with Crippen molar-refractivity contribution >= 4 is 20.3 Å². The highest BCUT2D eigenvalue weighted by Gasteiger charge is 2.39. The molecule has 0 aromatic heterocycles. The fraction of sp³-hybridized carbons (Fsp3) is 0.472. The van der Waals surface area contributed by atoms with Gasteiger partial charge in [0.05, 0.1) is 74.9 Å². The van der Waals surface area contributed by atoms with E-state index in [-0.39, 0.29) is 35.2 Å². The molecular weight excluding hydrogens is 1050 g/mol. The van der Waals surface area contributed by atoms with Crippen LogP contribution in [0.4, 0.5) is 0 Å². The van der Waals surface area contributed by atoms with E-state index in [1.807, 2.05) is 143 Å². The number of aliphatic carboxylic acids is 2. The first-order valence-electron chi connectivity index (χ1n) is 29.5. The Bertz CT molecular complexity index is 2810. The molecule has 0 radical (unpaired) electrons. The number of carboxylic acids is 2. The monoisotopic (exact) mass is 1150 g/mol. The highest BCUT2D eigenvalue weighted by Crippen LogP contribution is 2.38. The average Bonchev–Trinajstić information content (AvgIpc) is 3.55. The summed E-state index contributed by atoms with van der Waals surface area (Å²) in [7, 11) is -1.94. The van der Waals surface area contributed by atoms with Gasteiger partial charge in [0.25, 0.3) is 0 Å². The van der Waals surface area contributed by atoms with E-state index in [2.05, 4.69) is 103 Å². The Hall–Kier alpha value is -6.12. The molecule has 4 aromatic carbocycles. The van der Waals surface area contributed by atoms with E-state index in [9.17, 15) is 24.9 Å². The van der Waals surface area contributed by atoms with Crippen LogP contribution in [0.2, 0.25) is 18.1 Å². The summed E-state index contributed by atoms with van der Waals surface area (Å²) in [5.74, 6) is -3.01. The van der Waals surface area contributed by atoms with Crippen molar-refractivity contribution in [1.29, 1.82) is 0 Å². The number of benzene rings is 4. The first-order valence-corrected chi connectivity index (χ1v) is 32.4. The minimum Gasteiger partial charge on any atom is -0.481 e. The molecule has 0 bridgehead atoms. The second-order valence-corrected chi connectivity index (χ2v) is 28.3. The van der Waals surface area contributed by atoms with E-state index in [0.29, 0.717) is 39.3 Å². The number of hydrogen-bond donors (Lipinski definition) is 3. The predicted octanol–water partition coefficient (Wildman–Crippen LogP) is 16.8. The van der Waals surface area contributed by atoms with Gasteiger partial charge in [0.1, 0.15) is 0 Å². The van der Waals surface area contributed by atoms with Gasteiger partial charge in [0.2, 0.25) is 0 Å². The average molecular weight is 1150 g/mol. The third-order valence-electron chi connectivity index (χ3n) is 15.2. The SMILES string of the molecule is CC[C@@H](O)C(C)=C=C[C@@H](OCc1ccccc1)[C@H](C)CC(C)=C=C[C@H](OCc1ccccc1)[C@@H](C)C(=O)O.CC[C@@H](O[Si](C)(C)C(C)(C)C)C(C)=C=C[C@@H](OCc1ccccc1)[C@H](C)CC(C)=C=C[C@H](OCc1ccccc1)[C@@H](C)C(=O)O. The molecule has 0 heterocycles. The zero-order valence-corrected chi connectivity index (χ0v) is 53.5. The van der Waals surface area contributed by atoms with Gasteiger partial charge in [-0.15, -0.1) is 22.9 Å².